The Hall–Kier alpha value is -3.41. The minimum Gasteiger partial charge on any atom is -0.423 e. The Balaban J connectivity index is 1.58. The van der Waals surface area contributed by atoms with Crippen molar-refractivity contribution in [1.82, 2.24) is 9.89 Å². The van der Waals surface area contributed by atoms with E-state index >= 15 is 0 Å². The summed E-state index contributed by atoms with van der Waals surface area (Å²) in [6, 6.07) is 15.3. The van der Waals surface area contributed by atoms with Crippen molar-refractivity contribution in [2.24, 2.45) is 0 Å². The van der Waals surface area contributed by atoms with E-state index in [4.69, 9.17) is 4.42 Å². The van der Waals surface area contributed by atoms with Crippen LogP contribution in [0.1, 0.15) is 43.9 Å². The van der Waals surface area contributed by atoms with Crippen LogP contribution in [0.25, 0.3) is 22.1 Å². The molecule has 0 bridgehead atoms. The van der Waals surface area contributed by atoms with Gasteiger partial charge in [-0.2, -0.15) is 9.89 Å². The molecule has 0 spiro atoms. The third-order valence-electron chi connectivity index (χ3n) is 5.42. The summed E-state index contributed by atoms with van der Waals surface area (Å²) >= 11 is 0. The van der Waals surface area contributed by atoms with Crippen molar-refractivity contribution in [1.29, 1.82) is 0 Å². The van der Waals surface area contributed by atoms with Gasteiger partial charge >= 0.3 is 5.63 Å². The highest BCUT2D eigenvalue weighted by molar-refractivity contribution is 5.93. The Kier molecular flexibility index (Phi) is 5.65. The van der Waals surface area contributed by atoms with Crippen LogP contribution in [0.2, 0.25) is 0 Å². The molecule has 154 valence electrons. The minimum atomic E-state index is -0.436. The number of fused-ring (bicyclic) bond motifs is 1. The van der Waals surface area contributed by atoms with E-state index in [1.165, 1.54) is 18.2 Å². The Morgan fingerprint density at radius 1 is 1.07 bits per heavy atom. The molecule has 0 saturated carbocycles. The molecule has 0 unspecified atom stereocenters. The zero-order valence-electron chi connectivity index (χ0n) is 17.1. The summed E-state index contributed by atoms with van der Waals surface area (Å²) in [4.78, 5) is 13.8. The van der Waals surface area contributed by atoms with Crippen molar-refractivity contribution in [2.45, 2.75) is 39.2 Å². The van der Waals surface area contributed by atoms with E-state index < -0.39 is 5.63 Å². The molecule has 2 aromatic carbocycles. The van der Waals surface area contributed by atoms with Crippen molar-refractivity contribution in [2.75, 3.05) is 5.43 Å². The van der Waals surface area contributed by atoms with Crippen LogP contribution in [-0.4, -0.2) is 9.89 Å². The van der Waals surface area contributed by atoms with Gasteiger partial charge in [-0.05, 0) is 53.8 Å². The van der Waals surface area contributed by atoms with Crippen LogP contribution in [0.3, 0.4) is 0 Å². The normalized spacial score (nSPS) is 11.3. The highest BCUT2D eigenvalue weighted by atomic mass is 19.1. The van der Waals surface area contributed by atoms with Crippen molar-refractivity contribution in [3.63, 3.8) is 0 Å². The number of rotatable bonds is 7. The molecule has 2 aromatic heterocycles. The van der Waals surface area contributed by atoms with Gasteiger partial charge in [-0.1, -0.05) is 38.1 Å². The van der Waals surface area contributed by atoms with Gasteiger partial charge in [-0.25, -0.2) is 9.18 Å². The first-order valence-electron chi connectivity index (χ1n) is 10.2. The Morgan fingerprint density at radius 2 is 1.83 bits per heavy atom. The second kappa shape index (κ2) is 8.53. The van der Waals surface area contributed by atoms with Crippen LogP contribution in [0.15, 0.2) is 70.0 Å². The predicted octanol–water partition coefficient (Wildman–Crippen LogP) is 5.44. The number of halogens is 1. The molecule has 0 fully saturated rings. The van der Waals surface area contributed by atoms with Crippen LogP contribution in [0.5, 0.6) is 0 Å². The second-order valence-corrected chi connectivity index (χ2v) is 7.35. The van der Waals surface area contributed by atoms with Crippen LogP contribution < -0.4 is 11.1 Å². The molecule has 4 aromatic rings. The predicted molar refractivity (Wildman–Crippen MR) is 116 cm³/mol. The van der Waals surface area contributed by atoms with E-state index in [9.17, 15) is 9.18 Å². The smallest absolute Gasteiger partial charge is 0.336 e. The molecule has 0 atom stereocenters. The molecule has 0 aliphatic heterocycles. The number of aromatic nitrogens is 2. The molecular formula is C24H24FN3O2. The SMILES string of the molecule is CCC(CC)c1ccn(NCc2ccc3c(-c4ccc(F)cc4)cc(=O)oc3c2)n1. The van der Waals surface area contributed by atoms with E-state index in [2.05, 4.69) is 24.4 Å². The molecule has 0 radical (unpaired) electrons. The summed E-state index contributed by atoms with van der Waals surface area (Å²) < 4.78 is 18.7. The van der Waals surface area contributed by atoms with Gasteiger partial charge in [0.2, 0.25) is 0 Å². The molecule has 2 heterocycles. The molecule has 0 saturated heterocycles. The summed E-state index contributed by atoms with van der Waals surface area (Å²) in [5.74, 6) is 0.151. The topological polar surface area (TPSA) is 60.1 Å². The molecule has 0 aliphatic rings. The van der Waals surface area contributed by atoms with Crippen LogP contribution in [0.4, 0.5) is 4.39 Å². The first-order chi connectivity index (χ1) is 14.6. The fraction of sp³-hybridized carbons (Fsp3) is 0.250. The molecule has 30 heavy (non-hydrogen) atoms. The number of nitrogens with zero attached hydrogens (tertiary/aromatic N) is 2. The monoisotopic (exact) mass is 405 g/mol. The van der Waals surface area contributed by atoms with E-state index in [0.717, 1.165) is 40.6 Å². The van der Waals surface area contributed by atoms with Gasteiger partial charge in [-0.15, -0.1) is 0 Å². The van der Waals surface area contributed by atoms with Gasteiger partial charge in [0.25, 0.3) is 0 Å². The van der Waals surface area contributed by atoms with Crippen molar-refractivity contribution >= 4 is 11.0 Å². The van der Waals surface area contributed by atoms with E-state index in [1.54, 1.807) is 16.9 Å². The average molecular weight is 405 g/mol. The lowest BCUT2D eigenvalue weighted by atomic mass is 10.0. The summed E-state index contributed by atoms with van der Waals surface area (Å²) in [5, 5.41) is 5.41. The Bertz CT molecular complexity index is 1210. The van der Waals surface area contributed by atoms with Gasteiger partial charge < -0.3 is 9.84 Å². The highest BCUT2D eigenvalue weighted by Crippen LogP contribution is 2.28. The van der Waals surface area contributed by atoms with E-state index in [-0.39, 0.29) is 5.82 Å². The lowest BCUT2D eigenvalue weighted by molar-refractivity contribution is 0.561. The van der Waals surface area contributed by atoms with Crippen molar-refractivity contribution < 1.29 is 8.81 Å². The standard InChI is InChI=1S/C24H24FN3O2/c1-3-17(4-2)22-11-12-28(27-22)26-15-16-5-10-20-21(14-24(29)30-23(20)13-16)18-6-8-19(25)9-7-18/h5-14,17,26H,3-4,15H2,1-2H3. The van der Waals surface area contributed by atoms with Crippen LogP contribution in [0, 0.1) is 5.82 Å². The zero-order valence-corrected chi connectivity index (χ0v) is 17.1. The number of hydrogen-bond donors (Lipinski definition) is 1. The maximum Gasteiger partial charge on any atom is 0.336 e. The largest absolute Gasteiger partial charge is 0.423 e. The summed E-state index contributed by atoms with van der Waals surface area (Å²) in [7, 11) is 0. The Morgan fingerprint density at radius 3 is 2.57 bits per heavy atom. The van der Waals surface area contributed by atoms with Crippen LogP contribution in [-0.2, 0) is 6.54 Å². The second-order valence-electron chi connectivity index (χ2n) is 7.35. The molecule has 0 aliphatic carbocycles. The fourth-order valence-electron chi connectivity index (χ4n) is 3.71. The third-order valence-corrected chi connectivity index (χ3v) is 5.42. The van der Waals surface area contributed by atoms with Crippen LogP contribution >= 0.6 is 0 Å². The first-order valence-corrected chi connectivity index (χ1v) is 10.2. The fourth-order valence-corrected chi connectivity index (χ4v) is 3.71. The zero-order chi connectivity index (χ0) is 21.1. The van der Waals surface area contributed by atoms with Gasteiger partial charge in [0.05, 0.1) is 12.2 Å². The molecule has 5 nitrogen and oxygen atoms in total. The maximum absolute atomic E-state index is 13.3. The third kappa shape index (κ3) is 4.13. The summed E-state index contributed by atoms with van der Waals surface area (Å²) in [5.41, 5.74) is 6.86. The molecule has 1 N–H and O–H groups in total. The van der Waals surface area contributed by atoms with Gasteiger partial charge in [-0.3, -0.25) is 0 Å². The lowest BCUT2D eigenvalue weighted by Crippen LogP contribution is -2.15. The first kappa shape index (κ1) is 19.9. The van der Waals surface area contributed by atoms with E-state index in [1.807, 2.05) is 30.5 Å². The summed E-state index contributed by atoms with van der Waals surface area (Å²) in [6.45, 7) is 4.87. The minimum absolute atomic E-state index is 0.314. The quantitative estimate of drug-likeness (QED) is 0.416. The molecule has 0 amide bonds. The lowest BCUT2D eigenvalue weighted by Gasteiger charge is -2.10. The average Bonchev–Trinajstić information content (AvgIpc) is 3.21. The van der Waals surface area contributed by atoms with Crippen molar-refractivity contribution in [3.05, 3.63) is 88.3 Å². The highest BCUT2D eigenvalue weighted by Gasteiger charge is 2.11. The number of nitrogens with one attached hydrogen (secondary N) is 1. The van der Waals surface area contributed by atoms with Crippen molar-refractivity contribution in [3.8, 4) is 11.1 Å². The van der Waals surface area contributed by atoms with E-state index in [0.29, 0.717) is 18.0 Å². The Labute approximate surface area is 174 Å². The van der Waals surface area contributed by atoms with Gasteiger partial charge in [0.15, 0.2) is 0 Å². The summed E-state index contributed by atoms with van der Waals surface area (Å²) in [6.07, 6.45) is 4.04. The van der Waals surface area contributed by atoms with Gasteiger partial charge in [0.1, 0.15) is 11.4 Å². The molecule has 6 heteroatoms. The molecule has 4 rings (SSSR count). The van der Waals surface area contributed by atoms with Gasteiger partial charge in [0, 0.05) is 23.6 Å². The number of hydrogen-bond acceptors (Lipinski definition) is 4. The number of benzene rings is 2. The molecular weight excluding hydrogens is 381 g/mol. The maximum atomic E-state index is 13.3.